The van der Waals surface area contributed by atoms with Crippen molar-refractivity contribution in [3.63, 3.8) is 0 Å². The number of rotatable bonds is 6. The lowest BCUT2D eigenvalue weighted by Gasteiger charge is -2.08. The van der Waals surface area contributed by atoms with Crippen LogP contribution in [0.4, 0.5) is 5.95 Å². The number of nitrogen functional groups attached to an aromatic ring is 1. The molecule has 0 bridgehead atoms. The van der Waals surface area contributed by atoms with Crippen molar-refractivity contribution in [2.45, 2.75) is 26.8 Å². The van der Waals surface area contributed by atoms with Crippen LogP contribution in [0.15, 0.2) is 72.9 Å². The van der Waals surface area contributed by atoms with E-state index in [9.17, 15) is 4.79 Å². The van der Waals surface area contributed by atoms with Crippen molar-refractivity contribution in [3.05, 3.63) is 95.2 Å². The van der Waals surface area contributed by atoms with E-state index in [1.165, 1.54) is 16.7 Å². The van der Waals surface area contributed by atoms with Crippen molar-refractivity contribution in [1.82, 2.24) is 15.3 Å². The van der Waals surface area contributed by atoms with Gasteiger partial charge in [-0.15, -0.1) is 12.8 Å². The number of aryl methyl sites for hydroxylation is 2. The summed E-state index contributed by atoms with van der Waals surface area (Å²) in [6.45, 7) is 4.71. The van der Waals surface area contributed by atoms with Crippen LogP contribution in [0.3, 0.4) is 0 Å². The molecule has 1 aromatic heterocycles. The molecule has 0 saturated heterocycles. The predicted molar refractivity (Wildman–Crippen MR) is 139 cm³/mol. The SMILES string of the molecule is Cc1cc(C)cc(-c2ccc(CC(=O)NCc3ccc(-c4cnc(N)[nH]4)cc3)cc2)c1.NS. The summed E-state index contributed by atoms with van der Waals surface area (Å²) in [5, 5.41) is 7.19. The number of hydrogen-bond acceptors (Lipinski definition) is 5. The van der Waals surface area contributed by atoms with Gasteiger partial charge in [0.2, 0.25) is 5.91 Å². The van der Waals surface area contributed by atoms with Crippen molar-refractivity contribution in [2.24, 2.45) is 5.14 Å². The number of benzene rings is 3. The Kier molecular flexibility index (Phi) is 8.29. The summed E-state index contributed by atoms with van der Waals surface area (Å²) in [4.78, 5) is 19.4. The summed E-state index contributed by atoms with van der Waals surface area (Å²) in [7, 11) is 0. The standard InChI is InChI=1S/C26H26N4O.H3NS/c1-17-11-18(2)13-23(12-17)21-7-3-19(4-8-21)14-25(31)28-15-20-5-9-22(10-6-20)24-16-29-26(27)30-24;1-2/h3-13,16H,14-15H2,1-2H3,(H,28,31)(H3,27,29,30);2H,1H2. The second-order valence-corrected chi connectivity index (χ2v) is 7.91. The third kappa shape index (κ3) is 6.71. The lowest BCUT2D eigenvalue weighted by Crippen LogP contribution is -2.24. The number of nitrogens with zero attached hydrogens (tertiary/aromatic N) is 1. The molecule has 4 aromatic rings. The molecule has 0 radical (unpaired) electrons. The van der Waals surface area contributed by atoms with Gasteiger partial charge in [0.15, 0.2) is 5.95 Å². The summed E-state index contributed by atoms with van der Waals surface area (Å²) >= 11 is 3.03. The van der Waals surface area contributed by atoms with Crippen LogP contribution in [0.1, 0.15) is 22.3 Å². The fourth-order valence-electron chi connectivity index (χ4n) is 3.69. The van der Waals surface area contributed by atoms with Crippen molar-refractivity contribution >= 4 is 24.7 Å². The molecule has 0 fully saturated rings. The van der Waals surface area contributed by atoms with Crippen molar-refractivity contribution in [3.8, 4) is 22.4 Å². The molecule has 0 aliphatic rings. The van der Waals surface area contributed by atoms with Gasteiger partial charge in [-0.05, 0) is 41.7 Å². The zero-order valence-corrected chi connectivity index (χ0v) is 19.7. The molecule has 6 N–H and O–H groups in total. The second kappa shape index (κ2) is 11.4. The highest BCUT2D eigenvalue weighted by Gasteiger charge is 2.06. The quantitative estimate of drug-likeness (QED) is 0.272. The number of thiol groups is 1. The second-order valence-electron chi connectivity index (χ2n) is 7.91. The first-order valence-corrected chi connectivity index (χ1v) is 11.1. The molecule has 0 saturated carbocycles. The fraction of sp³-hybridized carbons (Fsp3) is 0.154. The van der Waals surface area contributed by atoms with E-state index in [1.807, 2.05) is 36.4 Å². The number of nitrogens with one attached hydrogen (secondary N) is 2. The van der Waals surface area contributed by atoms with Crippen LogP contribution in [0.2, 0.25) is 0 Å². The molecule has 6 nitrogen and oxygen atoms in total. The van der Waals surface area contributed by atoms with Crippen LogP contribution in [0.25, 0.3) is 22.4 Å². The Labute approximate surface area is 200 Å². The third-order valence-electron chi connectivity index (χ3n) is 5.22. The third-order valence-corrected chi connectivity index (χ3v) is 5.22. The van der Waals surface area contributed by atoms with E-state index in [2.05, 4.69) is 77.4 Å². The van der Waals surface area contributed by atoms with E-state index in [4.69, 9.17) is 5.73 Å². The molecular formula is C26H29N5OS. The average Bonchev–Trinajstić information content (AvgIpc) is 3.25. The Bertz CT molecular complexity index is 1180. The number of aromatic amines is 1. The minimum atomic E-state index is 0.00423. The van der Waals surface area contributed by atoms with E-state index < -0.39 is 0 Å². The first-order chi connectivity index (χ1) is 16.0. The molecule has 33 heavy (non-hydrogen) atoms. The normalized spacial score (nSPS) is 10.3. The smallest absolute Gasteiger partial charge is 0.224 e. The minimum Gasteiger partial charge on any atom is -0.369 e. The summed E-state index contributed by atoms with van der Waals surface area (Å²) in [5.74, 6) is 0.401. The number of anilines is 1. The first-order valence-electron chi connectivity index (χ1n) is 10.6. The van der Waals surface area contributed by atoms with Gasteiger partial charge in [-0.3, -0.25) is 9.93 Å². The average molecular weight is 460 g/mol. The van der Waals surface area contributed by atoms with E-state index in [0.717, 1.165) is 27.9 Å². The lowest BCUT2D eigenvalue weighted by molar-refractivity contribution is -0.120. The van der Waals surface area contributed by atoms with Gasteiger partial charge in [0, 0.05) is 6.54 Å². The molecule has 3 aromatic carbocycles. The van der Waals surface area contributed by atoms with Gasteiger partial charge in [0.1, 0.15) is 0 Å². The highest BCUT2D eigenvalue weighted by atomic mass is 32.1. The number of carbonyl (C=O) groups excluding carboxylic acids is 1. The van der Waals surface area contributed by atoms with Crippen LogP contribution in [-0.2, 0) is 17.8 Å². The molecule has 0 aliphatic carbocycles. The van der Waals surface area contributed by atoms with Crippen LogP contribution in [0.5, 0.6) is 0 Å². The molecule has 7 heteroatoms. The Morgan fingerprint density at radius 3 is 2.03 bits per heavy atom. The monoisotopic (exact) mass is 459 g/mol. The van der Waals surface area contributed by atoms with Gasteiger partial charge in [0.05, 0.1) is 18.3 Å². The maximum Gasteiger partial charge on any atom is 0.224 e. The van der Waals surface area contributed by atoms with E-state index in [1.54, 1.807) is 6.20 Å². The van der Waals surface area contributed by atoms with Crippen LogP contribution in [-0.4, -0.2) is 15.9 Å². The minimum absolute atomic E-state index is 0.00423. The Balaban J connectivity index is 0.00000149. The molecule has 1 heterocycles. The molecule has 170 valence electrons. The van der Waals surface area contributed by atoms with Gasteiger partial charge in [0.25, 0.3) is 0 Å². The number of amides is 1. The number of carbonyl (C=O) groups is 1. The van der Waals surface area contributed by atoms with E-state index >= 15 is 0 Å². The van der Waals surface area contributed by atoms with Crippen LogP contribution in [0, 0.1) is 13.8 Å². The molecule has 0 aliphatic heterocycles. The maximum absolute atomic E-state index is 12.4. The number of imidazole rings is 1. The van der Waals surface area contributed by atoms with Crippen LogP contribution < -0.4 is 16.2 Å². The van der Waals surface area contributed by atoms with Gasteiger partial charge < -0.3 is 16.0 Å². The largest absolute Gasteiger partial charge is 0.369 e. The first kappa shape index (κ1) is 24.1. The molecular weight excluding hydrogens is 430 g/mol. The Morgan fingerprint density at radius 2 is 1.45 bits per heavy atom. The predicted octanol–water partition coefficient (Wildman–Crippen LogP) is 4.59. The van der Waals surface area contributed by atoms with Gasteiger partial charge in [-0.1, -0.05) is 77.9 Å². The Morgan fingerprint density at radius 1 is 0.879 bits per heavy atom. The molecule has 0 unspecified atom stereocenters. The lowest BCUT2D eigenvalue weighted by atomic mass is 9.99. The van der Waals surface area contributed by atoms with Crippen molar-refractivity contribution in [2.75, 3.05) is 5.73 Å². The summed E-state index contributed by atoms with van der Waals surface area (Å²) < 4.78 is 0. The number of aromatic nitrogens is 2. The van der Waals surface area contributed by atoms with Gasteiger partial charge >= 0.3 is 0 Å². The van der Waals surface area contributed by atoms with Crippen molar-refractivity contribution < 1.29 is 4.79 Å². The summed E-state index contributed by atoms with van der Waals surface area (Å²) in [5.41, 5.74) is 14.4. The fourth-order valence-corrected chi connectivity index (χ4v) is 3.69. The van der Waals surface area contributed by atoms with E-state index in [0.29, 0.717) is 18.9 Å². The number of nitrogens with two attached hydrogens (primary N) is 2. The topological polar surface area (TPSA) is 110 Å². The summed E-state index contributed by atoms with van der Waals surface area (Å²) in [6.07, 6.45) is 2.07. The van der Waals surface area contributed by atoms with E-state index in [-0.39, 0.29) is 5.91 Å². The zero-order chi connectivity index (χ0) is 23.8. The molecule has 1 amide bonds. The highest BCUT2D eigenvalue weighted by Crippen LogP contribution is 2.23. The Hall–Kier alpha value is -3.55. The molecule has 0 atom stereocenters. The summed E-state index contributed by atoms with van der Waals surface area (Å²) in [6, 6.07) is 22.7. The van der Waals surface area contributed by atoms with Gasteiger partial charge in [-0.25, -0.2) is 4.98 Å². The zero-order valence-electron chi connectivity index (χ0n) is 18.8. The number of hydrogen-bond donors (Lipinski definition) is 5. The molecule has 0 spiro atoms. The van der Waals surface area contributed by atoms with Crippen molar-refractivity contribution in [1.29, 1.82) is 0 Å². The number of H-pyrrole nitrogens is 1. The maximum atomic E-state index is 12.4. The highest BCUT2D eigenvalue weighted by molar-refractivity contribution is 7.77. The van der Waals surface area contributed by atoms with Gasteiger partial charge in [-0.2, -0.15) is 0 Å². The molecule has 4 rings (SSSR count). The van der Waals surface area contributed by atoms with Crippen LogP contribution >= 0.6 is 12.8 Å².